The lowest BCUT2D eigenvalue weighted by atomic mass is 9.94. The molecule has 0 aliphatic carbocycles. The quantitative estimate of drug-likeness (QED) is 0.317. The predicted molar refractivity (Wildman–Crippen MR) is 141 cm³/mol. The number of aryl methyl sites for hydroxylation is 2. The highest BCUT2D eigenvalue weighted by molar-refractivity contribution is 7.80. The number of allylic oxidation sites excluding steroid dienone is 1. The molecule has 4 aromatic rings. The second kappa shape index (κ2) is 9.05. The summed E-state index contributed by atoms with van der Waals surface area (Å²) in [5, 5.41) is 8.98. The molecule has 0 radical (unpaired) electrons. The van der Waals surface area contributed by atoms with Crippen LogP contribution in [-0.2, 0) is 0 Å². The fraction of sp³-hybridized carbons (Fsp3) is 0.148. The zero-order valence-corrected chi connectivity index (χ0v) is 20.6. The van der Waals surface area contributed by atoms with Gasteiger partial charge < -0.3 is 9.84 Å². The molecule has 1 aliphatic rings. The van der Waals surface area contributed by atoms with Crippen LogP contribution in [-0.4, -0.2) is 15.3 Å². The third-order valence-electron chi connectivity index (χ3n) is 5.93. The molecule has 1 aromatic heterocycles. The lowest BCUT2D eigenvalue weighted by molar-refractivity contribution is 0.404. The average Bonchev–Trinajstić information content (AvgIpc) is 3.30. The molecule has 3 aromatic carbocycles. The van der Waals surface area contributed by atoms with Gasteiger partial charge in [0.15, 0.2) is 5.11 Å². The van der Waals surface area contributed by atoms with Crippen LogP contribution in [0.25, 0.3) is 17.0 Å². The Morgan fingerprint density at radius 3 is 2.29 bits per heavy atom. The van der Waals surface area contributed by atoms with E-state index in [2.05, 4.69) is 41.7 Å². The molecular weight excluding hydrogens is 464 g/mol. The van der Waals surface area contributed by atoms with Crippen LogP contribution in [0.4, 0.5) is 5.69 Å². The van der Waals surface area contributed by atoms with Crippen LogP contribution >= 0.6 is 23.8 Å². The number of nitrogens with one attached hydrogen (secondary N) is 1. The molecule has 170 valence electrons. The molecule has 1 aliphatic heterocycles. The van der Waals surface area contributed by atoms with Gasteiger partial charge in [-0.25, -0.2) is 0 Å². The van der Waals surface area contributed by atoms with Crippen molar-refractivity contribution in [1.82, 2.24) is 15.5 Å². The summed E-state index contributed by atoms with van der Waals surface area (Å²) in [6, 6.07) is 23.7. The molecule has 1 atom stereocenters. The van der Waals surface area contributed by atoms with Crippen LogP contribution in [0.15, 0.2) is 83.0 Å². The minimum absolute atomic E-state index is 0.292. The van der Waals surface area contributed by atoms with Crippen molar-refractivity contribution >= 4 is 40.2 Å². The SMILES string of the molecule is CC1=C(c2nc(-c3ccc(C)cc3)no2)C(c2cccc(Cl)c2)NC(=S)N1c1ccc(C)cc1. The number of hydrogen-bond donors (Lipinski definition) is 1. The monoisotopic (exact) mass is 486 g/mol. The number of halogens is 1. The second-order valence-electron chi connectivity index (χ2n) is 8.40. The Bertz CT molecular complexity index is 1390. The summed E-state index contributed by atoms with van der Waals surface area (Å²) in [7, 11) is 0. The first-order valence-corrected chi connectivity index (χ1v) is 11.7. The topological polar surface area (TPSA) is 54.2 Å². The third kappa shape index (κ3) is 4.22. The summed E-state index contributed by atoms with van der Waals surface area (Å²) in [4.78, 5) is 6.77. The van der Waals surface area contributed by atoms with Gasteiger partial charge in [0.25, 0.3) is 5.89 Å². The molecule has 0 fully saturated rings. The van der Waals surface area contributed by atoms with Gasteiger partial charge in [-0.3, -0.25) is 4.90 Å². The molecule has 0 amide bonds. The smallest absolute Gasteiger partial charge is 0.258 e. The van der Waals surface area contributed by atoms with E-state index in [0.29, 0.717) is 21.9 Å². The standard InChI is InChI=1S/C27H23ClN4OS/c1-16-7-11-19(12-8-16)25-30-26(33-31-25)23-18(3)32(22-13-9-17(2)10-14-22)27(34)29-24(23)20-5-4-6-21(28)15-20/h4-15,24H,1-3H3,(H,29,34). The third-order valence-corrected chi connectivity index (χ3v) is 6.46. The Labute approximate surface area is 209 Å². The number of benzene rings is 3. The molecule has 1 unspecified atom stereocenters. The summed E-state index contributed by atoms with van der Waals surface area (Å²) in [6.45, 7) is 6.13. The van der Waals surface area contributed by atoms with Gasteiger partial charge in [-0.2, -0.15) is 4.98 Å². The Morgan fingerprint density at radius 2 is 1.62 bits per heavy atom. The molecular formula is C27H23ClN4OS. The van der Waals surface area contributed by atoms with Gasteiger partial charge in [0, 0.05) is 22.0 Å². The molecule has 0 saturated carbocycles. The molecule has 34 heavy (non-hydrogen) atoms. The molecule has 0 bridgehead atoms. The largest absolute Gasteiger partial charge is 0.351 e. The van der Waals surface area contributed by atoms with E-state index in [-0.39, 0.29) is 6.04 Å². The summed E-state index contributed by atoms with van der Waals surface area (Å²) in [5.74, 6) is 0.973. The van der Waals surface area contributed by atoms with E-state index < -0.39 is 0 Å². The number of aromatic nitrogens is 2. The highest BCUT2D eigenvalue weighted by Gasteiger charge is 2.34. The van der Waals surface area contributed by atoms with Crippen LogP contribution in [0.1, 0.15) is 35.5 Å². The highest BCUT2D eigenvalue weighted by atomic mass is 35.5. The maximum atomic E-state index is 6.33. The molecule has 0 saturated heterocycles. The number of anilines is 1. The second-order valence-corrected chi connectivity index (χ2v) is 9.22. The van der Waals surface area contributed by atoms with Gasteiger partial charge in [-0.15, -0.1) is 0 Å². The highest BCUT2D eigenvalue weighted by Crippen LogP contribution is 2.39. The minimum Gasteiger partial charge on any atom is -0.351 e. The summed E-state index contributed by atoms with van der Waals surface area (Å²) in [5.41, 5.74) is 6.93. The van der Waals surface area contributed by atoms with E-state index in [1.807, 2.05) is 67.3 Å². The molecule has 2 heterocycles. The lowest BCUT2D eigenvalue weighted by Gasteiger charge is -2.37. The van der Waals surface area contributed by atoms with Gasteiger partial charge in [0.2, 0.25) is 5.82 Å². The summed E-state index contributed by atoms with van der Waals surface area (Å²) >= 11 is 12.1. The van der Waals surface area contributed by atoms with E-state index >= 15 is 0 Å². The maximum absolute atomic E-state index is 6.33. The van der Waals surface area contributed by atoms with Crippen molar-refractivity contribution in [3.05, 3.63) is 106 Å². The zero-order chi connectivity index (χ0) is 23.8. The Morgan fingerprint density at radius 1 is 0.941 bits per heavy atom. The molecule has 0 spiro atoms. The van der Waals surface area contributed by atoms with Crippen LogP contribution in [0.5, 0.6) is 0 Å². The average molecular weight is 487 g/mol. The predicted octanol–water partition coefficient (Wildman–Crippen LogP) is 6.87. The Hall–Kier alpha value is -3.48. The fourth-order valence-corrected chi connectivity index (χ4v) is 4.67. The van der Waals surface area contributed by atoms with Crippen molar-refractivity contribution < 1.29 is 4.52 Å². The van der Waals surface area contributed by atoms with Crippen LogP contribution in [0.2, 0.25) is 5.02 Å². The van der Waals surface area contributed by atoms with Gasteiger partial charge in [-0.1, -0.05) is 76.4 Å². The van der Waals surface area contributed by atoms with Crippen LogP contribution in [0, 0.1) is 13.8 Å². The number of nitrogens with zero attached hydrogens (tertiary/aromatic N) is 3. The van der Waals surface area contributed by atoms with Gasteiger partial charge in [0.1, 0.15) is 0 Å². The molecule has 5 nitrogen and oxygen atoms in total. The van der Waals surface area contributed by atoms with E-state index in [1.54, 1.807) is 0 Å². The van der Waals surface area contributed by atoms with E-state index in [9.17, 15) is 0 Å². The van der Waals surface area contributed by atoms with Gasteiger partial charge in [-0.05, 0) is 62.8 Å². The van der Waals surface area contributed by atoms with Crippen molar-refractivity contribution in [3.63, 3.8) is 0 Å². The number of hydrogen-bond acceptors (Lipinski definition) is 4. The van der Waals surface area contributed by atoms with Gasteiger partial charge >= 0.3 is 0 Å². The first kappa shape index (κ1) is 22.3. The first-order valence-electron chi connectivity index (χ1n) is 11.0. The maximum Gasteiger partial charge on any atom is 0.258 e. The van der Waals surface area contributed by atoms with E-state index in [1.165, 1.54) is 11.1 Å². The van der Waals surface area contributed by atoms with Crippen molar-refractivity contribution in [2.45, 2.75) is 26.8 Å². The van der Waals surface area contributed by atoms with Crippen molar-refractivity contribution in [2.75, 3.05) is 4.90 Å². The van der Waals surface area contributed by atoms with Crippen LogP contribution < -0.4 is 10.2 Å². The number of thiocarbonyl (C=S) groups is 1. The van der Waals surface area contributed by atoms with Crippen molar-refractivity contribution in [3.8, 4) is 11.4 Å². The van der Waals surface area contributed by atoms with E-state index in [0.717, 1.165) is 28.1 Å². The molecule has 5 rings (SSSR count). The van der Waals surface area contributed by atoms with Gasteiger partial charge in [0.05, 0.1) is 11.6 Å². The zero-order valence-electron chi connectivity index (χ0n) is 19.0. The number of rotatable bonds is 4. The minimum atomic E-state index is -0.292. The molecule has 1 N–H and O–H groups in total. The summed E-state index contributed by atoms with van der Waals surface area (Å²) < 4.78 is 5.82. The van der Waals surface area contributed by atoms with Crippen molar-refractivity contribution in [1.29, 1.82) is 0 Å². The summed E-state index contributed by atoms with van der Waals surface area (Å²) in [6.07, 6.45) is 0. The van der Waals surface area contributed by atoms with Crippen molar-refractivity contribution in [2.24, 2.45) is 0 Å². The van der Waals surface area contributed by atoms with E-state index in [4.69, 9.17) is 33.3 Å². The lowest BCUT2D eigenvalue weighted by Crippen LogP contribution is -2.46. The molecule has 7 heteroatoms. The van der Waals surface area contributed by atoms with Crippen LogP contribution in [0.3, 0.4) is 0 Å². The Balaban J connectivity index is 1.65. The fourth-order valence-electron chi connectivity index (χ4n) is 4.11. The Kier molecular flexibility index (Phi) is 5.94. The first-order chi connectivity index (χ1) is 16.4. The normalized spacial score (nSPS) is 16.1.